The van der Waals surface area contributed by atoms with Crippen LogP contribution in [-0.2, 0) is 11.0 Å². The zero-order chi connectivity index (χ0) is 14.8. The number of anilines is 1. The molecule has 1 atom stereocenters. The van der Waals surface area contributed by atoms with E-state index < -0.39 is 11.7 Å². The quantitative estimate of drug-likeness (QED) is 0.815. The molecule has 108 valence electrons. The molecule has 1 aromatic carbocycles. The summed E-state index contributed by atoms with van der Waals surface area (Å²) in [6.07, 6.45) is -0.342. The molecule has 1 unspecified atom stereocenters. The standard InChI is InChI=1S/C15H16F3NO/c1-10-4-2-5-11(14(10)20)9-19-13-7-3-6-12(8-13)15(16,17)18/h3,6-10,19H,2,4-5H2,1H3. The van der Waals surface area contributed by atoms with E-state index in [-0.39, 0.29) is 11.7 Å². The summed E-state index contributed by atoms with van der Waals surface area (Å²) in [7, 11) is 0. The molecule has 1 aromatic rings. The first-order valence-electron chi connectivity index (χ1n) is 6.55. The molecule has 0 aliphatic heterocycles. The highest BCUT2D eigenvalue weighted by atomic mass is 19.4. The monoisotopic (exact) mass is 283 g/mol. The largest absolute Gasteiger partial charge is 0.416 e. The zero-order valence-electron chi connectivity index (χ0n) is 11.1. The summed E-state index contributed by atoms with van der Waals surface area (Å²) in [5.74, 6) is 0.0778. The van der Waals surface area contributed by atoms with Crippen LogP contribution < -0.4 is 5.32 Å². The molecule has 1 fully saturated rings. The van der Waals surface area contributed by atoms with E-state index in [9.17, 15) is 18.0 Å². The third-order valence-electron chi connectivity index (χ3n) is 3.45. The molecule has 1 aliphatic rings. The lowest BCUT2D eigenvalue weighted by Gasteiger charge is -2.19. The first kappa shape index (κ1) is 14.6. The van der Waals surface area contributed by atoms with Crippen LogP contribution in [0.3, 0.4) is 0 Å². The number of Topliss-reactive ketones (excluding diaryl/α,β-unsaturated/α-hetero) is 1. The summed E-state index contributed by atoms with van der Waals surface area (Å²) < 4.78 is 37.7. The number of carbonyl (C=O) groups excluding carboxylic acids is 1. The second-order valence-electron chi connectivity index (χ2n) is 5.05. The van der Waals surface area contributed by atoms with Gasteiger partial charge in [0.1, 0.15) is 0 Å². The predicted octanol–water partition coefficient (Wildman–Crippen LogP) is 4.39. The van der Waals surface area contributed by atoms with Gasteiger partial charge in [-0.1, -0.05) is 13.0 Å². The number of hydrogen-bond donors (Lipinski definition) is 1. The van der Waals surface area contributed by atoms with Crippen molar-refractivity contribution >= 4 is 11.5 Å². The molecule has 2 nitrogen and oxygen atoms in total. The minimum absolute atomic E-state index is 0.00157. The third-order valence-corrected chi connectivity index (χ3v) is 3.45. The smallest absolute Gasteiger partial charge is 0.361 e. The van der Waals surface area contributed by atoms with Crippen LogP contribution in [0.1, 0.15) is 31.7 Å². The van der Waals surface area contributed by atoms with Gasteiger partial charge in [-0.05, 0) is 37.5 Å². The number of halogens is 3. The van der Waals surface area contributed by atoms with E-state index in [4.69, 9.17) is 0 Å². The molecular formula is C15H16F3NO. The SMILES string of the molecule is CC1CCCC(=CNc2cccc(C(F)(F)F)c2)C1=O. The number of nitrogens with one attached hydrogen (secondary N) is 1. The van der Waals surface area contributed by atoms with Crippen molar-refractivity contribution in [1.82, 2.24) is 0 Å². The minimum Gasteiger partial charge on any atom is -0.361 e. The first-order chi connectivity index (χ1) is 9.38. The Morgan fingerprint density at radius 2 is 2.10 bits per heavy atom. The highest BCUT2D eigenvalue weighted by Gasteiger charge is 2.30. The highest BCUT2D eigenvalue weighted by molar-refractivity contribution is 5.97. The fraction of sp³-hybridized carbons (Fsp3) is 0.400. The maximum absolute atomic E-state index is 12.6. The van der Waals surface area contributed by atoms with Gasteiger partial charge in [0.15, 0.2) is 5.78 Å². The number of rotatable bonds is 2. The minimum atomic E-state index is -4.36. The van der Waals surface area contributed by atoms with Gasteiger partial charge in [0.25, 0.3) is 0 Å². The molecule has 20 heavy (non-hydrogen) atoms. The molecule has 0 saturated heterocycles. The van der Waals surface area contributed by atoms with Crippen LogP contribution in [-0.4, -0.2) is 5.78 Å². The van der Waals surface area contributed by atoms with E-state index in [0.29, 0.717) is 17.7 Å². The van der Waals surface area contributed by atoms with Gasteiger partial charge < -0.3 is 5.32 Å². The normalized spacial score (nSPS) is 22.1. The van der Waals surface area contributed by atoms with E-state index in [1.807, 2.05) is 6.92 Å². The number of carbonyl (C=O) groups is 1. The predicted molar refractivity (Wildman–Crippen MR) is 71.2 cm³/mol. The molecule has 0 heterocycles. The molecule has 5 heteroatoms. The Balaban J connectivity index is 2.13. The van der Waals surface area contributed by atoms with E-state index >= 15 is 0 Å². The summed E-state index contributed by atoms with van der Waals surface area (Å²) in [5.41, 5.74) is 0.281. The summed E-state index contributed by atoms with van der Waals surface area (Å²) in [6.45, 7) is 1.87. The Bertz CT molecular complexity index is 534. The van der Waals surface area contributed by atoms with Crippen molar-refractivity contribution in [3.63, 3.8) is 0 Å². The average Bonchev–Trinajstić information content (AvgIpc) is 2.40. The lowest BCUT2D eigenvalue weighted by molar-refractivity contribution is -0.137. The van der Waals surface area contributed by atoms with Crippen LogP contribution in [0.15, 0.2) is 36.0 Å². The van der Waals surface area contributed by atoms with Gasteiger partial charge in [0.05, 0.1) is 5.56 Å². The van der Waals surface area contributed by atoms with Crippen LogP contribution in [0.5, 0.6) is 0 Å². The second-order valence-corrected chi connectivity index (χ2v) is 5.05. The van der Waals surface area contributed by atoms with Gasteiger partial charge in [0, 0.05) is 23.4 Å². The van der Waals surface area contributed by atoms with Gasteiger partial charge in [0.2, 0.25) is 0 Å². The van der Waals surface area contributed by atoms with Gasteiger partial charge >= 0.3 is 6.18 Å². The molecular weight excluding hydrogens is 267 g/mol. The number of hydrogen-bond acceptors (Lipinski definition) is 2. The number of ketones is 1. The van der Waals surface area contributed by atoms with Crippen LogP contribution in [0.2, 0.25) is 0 Å². The number of benzene rings is 1. The molecule has 0 aromatic heterocycles. The molecule has 0 bridgehead atoms. The van der Waals surface area contributed by atoms with Crippen LogP contribution in [0.4, 0.5) is 18.9 Å². The van der Waals surface area contributed by atoms with Gasteiger partial charge in [-0.3, -0.25) is 4.79 Å². The van der Waals surface area contributed by atoms with Crippen molar-refractivity contribution in [2.75, 3.05) is 5.32 Å². The Morgan fingerprint density at radius 1 is 1.35 bits per heavy atom. The topological polar surface area (TPSA) is 29.1 Å². The number of alkyl halides is 3. The Hall–Kier alpha value is -1.78. The summed E-state index contributed by atoms with van der Waals surface area (Å²) in [4.78, 5) is 11.9. The zero-order valence-corrected chi connectivity index (χ0v) is 11.1. The molecule has 0 spiro atoms. The summed E-state index contributed by atoms with van der Waals surface area (Å²) in [6, 6.07) is 4.94. The lowest BCUT2D eigenvalue weighted by atomic mass is 9.86. The Morgan fingerprint density at radius 3 is 2.80 bits per heavy atom. The molecule has 2 rings (SSSR count). The van der Waals surface area contributed by atoms with Crippen molar-refractivity contribution in [2.45, 2.75) is 32.4 Å². The van der Waals surface area contributed by atoms with E-state index in [1.165, 1.54) is 12.3 Å². The average molecular weight is 283 g/mol. The Kier molecular flexibility index (Phi) is 4.16. The van der Waals surface area contributed by atoms with Crippen molar-refractivity contribution < 1.29 is 18.0 Å². The molecule has 1 saturated carbocycles. The molecule has 1 N–H and O–H groups in total. The second kappa shape index (κ2) is 5.69. The van der Waals surface area contributed by atoms with Crippen molar-refractivity contribution in [1.29, 1.82) is 0 Å². The molecule has 1 aliphatic carbocycles. The van der Waals surface area contributed by atoms with E-state index in [0.717, 1.165) is 25.0 Å². The van der Waals surface area contributed by atoms with Crippen molar-refractivity contribution in [3.8, 4) is 0 Å². The van der Waals surface area contributed by atoms with Crippen LogP contribution in [0.25, 0.3) is 0 Å². The maximum atomic E-state index is 12.6. The van der Waals surface area contributed by atoms with Gasteiger partial charge in [-0.25, -0.2) is 0 Å². The molecule has 0 radical (unpaired) electrons. The summed E-state index contributed by atoms with van der Waals surface area (Å²) >= 11 is 0. The fourth-order valence-electron chi connectivity index (χ4n) is 2.27. The van der Waals surface area contributed by atoms with Crippen molar-refractivity contribution in [2.24, 2.45) is 5.92 Å². The lowest BCUT2D eigenvalue weighted by Crippen LogP contribution is -2.19. The third kappa shape index (κ3) is 3.40. The van der Waals surface area contributed by atoms with Gasteiger partial charge in [-0.2, -0.15) is 13.2 Å². The van der Waals surface area contributed by atoms with Crippen LogP contribution in [0, 0.1) is 5.92 Å². The highest BCUT2D eigenvalue weighted by Crippen LogP contribution is 2.31. The number of allylic oxidation sites excluding steroid dienone is 1. The Labute approximate surface area is 115 Å². The van der Waals surface area contributed by atoms with E-state index in [1.54, 1.807) is 6.07 Å². The summed E-state index contributed by atoms with van der Waals surface area (Å²) in [5, 5.41) is 2.79. The van der Waals surface area contributed by atoms with Crippen molar-refractivity contribution in [3.05, 3.63) is 41.6 Å². The van der Waals surface area contributed by atoms with E-state index in [2.05, 4.69) is 5.32 Å². The molecule has 0 amide bonds. The first-order valence-corrected chi connectivity index (χ1v) is 6.55. The van der Waals surface area contributed by atoms with Gasteiger partial charge in [-0.15, -0.1) is 0 Å². The maximum Gasteiger partial charge on any atom is 0.416 e. The fourth-order valence-corrected chi connectivity index (χ4v) is 2.27. The van der Waals surface area contributed by atoms with Crippen LogP contribution >= 0.6 is 0 Å².